The van der Waals surface area contributed by atoms with Crippen LogP contribution in [-0.2, 0) is 44.7 Å². The first-order valence-corrected chi connectivity index (χ1v) is 22.5. The molecule has 7 rings (SSSR count). The van der Waals surface area contributed by atoms with Gasteiger partial charge in [0.05, 0.1) is 6.04 Å². The first-order valence-electron chi connectivity index (χ1n) is 21.1. The minimum atomic E-state index is -0.932. The maximum Gasteiger partial charge on any atom is 0.216 e. The Labute approximate surface area is 335 Å². The van der Waals surface area contributed by atoms with E-state index >= 15 is 0 Å². The maximum atomic E-state index is 6.52. The van der Waals surface area contributed by atoms with Gasteiger partial charge in [0.1, 0.15) is 6.61 Å². The molecule has 0 saturated heterocycles. The van der Waals surface area contributed by atoms with Gasteiger partial charge in [0.25, 0.3) is 0 Å². The molecular weight excluding hydrogens is 686 g/mol. The zero-order chi connectivity index (χ0) is 39.9. The lowest BCUT2D eigenvalue weighted by Gasteiger charge is -2.35. The van der Waals surface area contributed by atoms with Crippen LogP contribution in [0.1, 0.15) is 166 Å². The van der Waals surface area contributed by atoms with Crippen LogP contribution in [0.25, 0.3) is 0 Å². The van der Waals surface area contributed by atoms with Crippen LogP contribution >= 0.6 is 7.92 Å². The summed E-state index contributed by atoms with van der Waals surface area (Å²) in [6, 6.07) is 29.9. The third kappa shape index (κ3) is 7.64. The van der Waals surface area contributed by atoms with Crippen molar-refractivity contribution >= 4 is 29.7 Å². The van der Waals surface area contributed by atoms with Gasteiger partial charge in [-0.2, -0.15) is 0 Å². The number of rotatable bonds is 6. The van der Waals surface area contributed by atoms with Crippen molar-refractivity contribution in [1.82, 2.24) is 0 Å². The molecule has 3 heteroatoms. The summed E-state index contributed by atoms with van der Waals surface area (Å²) < 4.78 is 6.52. The van der Waals surface area contributed by atoms with E-state index in [1.165, 1.54) is 60.4 Å². The molecule has 0 amide bonds. The summed E-state index contributed by atoms with van der Waals surface area (Å²) in [7, 11) is -0.932. The van der Waals surface area contributed by atoms with E-state index in [4.69, 9.17) is 9.73 Å². The van der Waals surface area contributed by atoms with Gasteiger partial charge in [-0.3, -0.25) is 0 Å². The van der Waals surface area contributed by atoms with Crippen LogP contribution in [-0.4, -0.2) is 18.5 Å². The molecule has 1 aliphatic heterocycles. The van der Waals surface area contributed by atoms with Crippen LogP contribution in [0.5, 0.6) is 0 Å². The summed E-state index contributed by atoms with van der Waals surface area (Å²) in [6.07, 6.45) is 5.54. The molecule has 1 heterocycles. The molecule has 1 spiro atoms. The third-order valence-corrected chi connectivity index (χ3v) is 15.0. The van der Waals surface area contributed by atoms with Crippen LogP contribution in [0.2, 0.25) is 0 Å². The van der Waals surface area contributed by atoms with Crippen molar-refractivity contribution in [3.63, 3.8) is 0 Å². The van der Waals surface area contributed by atoms with E-state index in [1.807, 2.05) is 0 Å². The number of aryl methyl sites for hydroxylation is 2. The molecule has 0 bridgehead atoms. The zero-order valence-electron chi connectivity index (χ0n) is 36.6. The van der Waals surface area contributed by atoms with Crippen LogP contribution in [0, 0.1) is 5.92 Å². The maximum absolute atomic E-state index is 6.52. The number of fused-ring (bicyclic) bond motifs is 4. The molecule has 0 N–H and O–H groups in total. The first-order chi connectivity index (χ1) is 25.6. The molecule has 2 nitrogen and oxygen atoms in total. The fourth-order valence-corrected chi connectivity index (χ4v) is 12.1. The Kier molecular flexibility index (Phi) is 10.2. The molecule has 3 aliphatic rings. The highest BCUT2D eigenvalue weighted by Gasteiger charge is 2.49. The highest BCUT2D eigenvalue weighted by Crippen LogP contribution is 2.55. The lowest BCUT2D eigenvalue weighted by molar-refractivity contribution is 0.301. The van der Waals surface area contributed by atoms with Gasteiger partial charge in [-0.1, -0.05) is 164 Å². The largest absolute Gasteiger partial charge is 0.475 e. The summed E-state index contributed by atoms with van der Waals surface area (Å²) in [5, 5.41) is 4.48. The Morgan fingerprint density at radius 2 is 1.09 bits per heavy atom. The average Bonchev–Trinajstić information content (AvgIpc) is 3.81. The van der Waals surface area contributed by atoms with E-state index in [9.17, 15) is 0 Å². The van der Waals surface area contributed by atoms with E-state index in [-0.39, 0.29) is 33.1 Å². The summed E-state index contributed by atoms with van der Waals surface area (Å²) in [5.41, 5.74) is 13.1. The smallest absolute Gasteiger partial charge is 0.216 e. The van der Waals surface area contributed by atoms with Crippen LogP contribution in [0.3, 0.4) is 0 Å². The van der Waals surface area contributed by atoms with Crippen molar-refractivity contribution < 1.29 is 4.74 Å². The molecule has 0 saturated carbocycles. The van der Waals surface area contributed by atoms with Crippen molar-refractivity contribution in [3.8, 4) is 0 Å². The van der Waals surface area contributed by atoms with Gasteiger partial charge in [0.15, 0.2) is 0 Å². The molecule has 2 atom stereocenters. The second-order valence-electron chi connectivity index (χ2n) is 21.6. The molecule has 55 heavy (non-hydrogen) atoms. The lowest BCUT2D eigenvalue weighted by atomic mass is 9.74. The highest BCUT2D eigenvalue weighted by molar-refractivity contribution is 7.80. The molecule has 0 aromatic heterocycles. The quantitative estimate of drug-likeness (QED) is 0.180. The number of nitrogens with zero attached hydrogens (tertiary/aromatic N) is 1. The predicted octanol–water partition coefficient (Wildman–Crippen LogP) is 12.0. The van der Waals surface area contributed by atoms with E-state index in [1.54, 1.807) is 5.56 Å². The summed E-state index contributed by atoms with van der Waals surface area (Å²) in [6.45, 7) is 33.8. The van der Waals surface area contributed by atoms with Gasteiger partial charge in [-0.25, -0.2) is 4.99 Å². The standard InChI is InChI=1S/C52H68NOP/c1-33(2)25-40-32-54-47(53-40)43-19-15-17-34-21-23-52(45(34)43)24-22-35-18-16-20-44(46(35)52)55(41-28-36(48(3,4)5)26-37(29-41)49(6,7)8)42-30-38(50(9,10)11)27-39(31-42)51(12,13)14/h15-20,26-31,33,40H,21-25,32H2,1-14H3/t40-,52+/m0/s1. The monoisotopic (exact) mass is 754 g/mol. The summed E-state index contributed by atoms with van der Waals surface area (Å²) in [4.78, 5) is 5.27. The number of benzene rings is 4. The average molecular weight is 754 g/mol. The molecule has 0 unspecified atom stereocenters. The zero-order valence-corrected chi connectivity index (χ0v) is 37.5. The molecule has 292 valence electrons. The van der Waals surface area contributed by atoms with Gasteiger partial charge in [0, 0.05) is 11.0 Å². The van der Waals surface area contributed by atoms with Crippen molar-refractivity contribution in [2.24, 2.45) is 10.9 Å². The Bertz CT molecular complexity index is 1980. The van der Waals surface area contributed by atoms with E-state index in [2.05, 4.69) is 170 Å². The SMILES string of the molecule is CC(C)C[C@H]1COC(c2cccc3c2[C@@]2(CC3)CCc3cccc(P(c4cc(C(C)(C)C)cc(C(C)(C)C)c4)c4cc(C(C)(C)C)cc(C(C)(C)C)c4)c32)=N1. The van der Waals surface area contributed by atoms with Gasteiger partial charge in [0.2, 0.25) is 5.90 Å². The van der Waals surface area contributed by atoms with Crippen LogP contribution in [0.15, 0.2) is 77.8 Å². The van der Waals surface area contributed by atoms with Crippen LogP contribution in [0.4, 0.5) is 0 Å². The predicted molar refractivity (Wildman–Crippen MR) is 240 cm³/mol. The van der Waals surface area contributed by atoms with E-state index in [0.29, 0.717) is 12.5 Å². The van der Waals surface area contributed by atoms with Gasteiger partial charge < -0.3 is 4.74 Å². The minimum absolute atomic E-state index is 0.0232. The number of ether oxygens (including phenoxy) is 1. The number of aliphatic imine (C=N–C) groups is 1. The van der Waals surface area contributed by atoms with Gasteiger partial charge >= 0.3 is 0 Å². The van der Waals surface area contributed by atoms with Crippen molar-refractivity contribution in [2.45, 2.75) is 162 Å². The van der Waals surface area contributed by atoms with E-state index in [0.717, 1.165) is 38.0 Å². The van der Waals surface area contributed by atoms with Gasteiger partial charge in [-0.05, 0) is 134 Å². The fourth-order valence-electron chi connectivity index (χ4n) is 9.40. The lowest BCUT2D eigenvalue weighted by Crippen LogP contribution is -2.34. The number of hydrogen-bond acceptors (Lipinski definition) is 2. The second-order valence-corrected chi connectivity index (χ2v) is 23.8. The van der Waals surface area contributed by atoms with Gasteiger partial charge in [-0.15, -0.1) is 0 Å². The van der Waals surface area contributed by atoms with Crippen molar-refractivity contribution in [1.29, 1.82) is 0 Å². The highest BCUT2D eigenvalue weighted by atomic mass is 31.1. The minimum Gasteiger partial charge on any atom is -0.475 e. The normalized spacial score (nSPS) is 20.0. The molecule has 4 aromatic rings. The second kappa shape index (κ2) is 14.0. The topological polar surface area (TPSA) is 21.6 Å². The van der Waals surface area contributed by atoms with Crippen molar-refractivity contribution in [3.05, 3.63) is 123 Å². The Morgan fingerprint density at radius 3 is 1.55 bits per heavy atom. The third-order valence-electron chi connectivity index (χ3n) is 12.6. The van der Waals surface area contributed by atoms with Crippen molar-refractivity contribution in [2.75, 3.05) is 6.61 Å². The van der Waals surface area contributed by atoms with Crippen LogP contribution < -0.4 is 15.9 Å². The van der Waals surface area contributed by atoms with E-state index < -0.39 is 7.92 Å². The molecule has 4 aromatic carbocycles. The Hall–Kier alpha value is -3.22. The molecule has 2 aliphatic carbocycles. The molecular formula is C52H68NOP. The molecule has 0 fully saturated rings. The summed E-state index contributed by atoms with van der Waals surface area (Å²) >= 11 is 0. The summed E-state index contributed by atoms with van der Waals surface area (Å²) in [5.74, 6) is 1.47. The number of hydrogen-bond donors (Lipinski definition) is 0. The Balaban J connectivity index is 1.53. The first kappa shape index (κ1) is 40.0. The molecule has 0 radical (unpaired) electrons. The Morgan fingerprint density at radius 1 is 0.636 bits per heavy atom. The fraction of sp³-hybridized carbons (Fsp3) is 0.519.